The topological polar surface area (TPSA) is 64.4 Å². The molecule has 0 spiro atoms. The summed E-state index contributed by atoms with van der Waals surface area (Å²) in [4.78, 5) is 11.5. The summed E-state index contributed by atoms with van der Waals surface area (Å²) in [6.07, 6.45) is 3.77. The summed E-state index contributed by atoms with van der Waals surface area (Å²) in [7, 11) is 0. The number of carbonyl (C=O) groups excluding carboxylic acids is 1. The van der Waals surface area contributed by atoms with Crippen LogP contribution in [-0.4, -0.2) is 31.2 Å². The molecule has 3 N–H and O–H groups in total. The van der Waals surface area contributed by atoms with E-state index in [2.05, 4.69) is 12.2 Å². The van der Waals surface area contributed by atoms with Crippen LogP contribution >= 0.6 is 0 Å². The largest absolute Gasteiger partial charge is 0.379 e. The van der Waals surface area contributed by atoms with Gasteiger partial charge in [-0.2, -0.15) is 0 Å². The first-order valence-electron chi connectivity index (χ1n) is 5.37. The SMILES string of the molecule is CCCC[C@H](N)C(=O)NC1CCOC1. The van der Waals surface area contributed by atoms with Gasteiger partial charge in [0.05, 0.1) is 18.7 Å². The molecule has 0 saturated carbocycles. The Morgan fingerprint density at radius 1 is 1.71 bits per heavy atom. The third-order valence-corrected chi connectivity index (χ3v) is 2.48. The molecule has 14 heavy (non-hydrogen) atoms. The Hall–Kier alpha value is -0.610. The lowest BCUT2D eigenvalue weighted by Crippen LogP contribution is -2.45. The number of carbonyl (C=O) groups is 1. The van der Waals surface area contributed by atoms with Crippen LogP contribution < -0.4 is 11.1 Å². The minimum atomic E-state index is -0.351. The first kappa shape index (κ1) is 11.5. The van der Waals surface area contributed by atoms with Gasteiger partial charge in [-0.05, 0) is 12.8 Å². The molecule has 0 radical (unpaired) electrons. The average molecular weight is 200 g/mol. The second kappa shape index (κ2) is 5.98. The van der Waals surface area contributed by atoms with Crippen molar-refractivity contribution >= 4 is 5.91 Å². The second-order valence-electron chi connectivity index (χ2n) is 3.82. The molecular formula is C10H20N2O2. The molecule has 0 aliphatic carbocycles. The number of hydrogen-bond donors (Lipinski definition) is 2. The predicted octanol–water partition coefficient (Wildman–Crippen LogP) is 0.409. The van der Waals surface area contributed by atoms with Crippen molar-refractivity contribution in [3.63, 3.8) is 0 Å². The van der Waals surface area contributed by atoms with Crippen LogP contribution in [0.25, 0.3) is 0 Å². The maximum absolute atomic E-state index is 11.5. The zero-order chi connectivity index (χ0) is 10.4. The predicted molar refractivity (Wildman–Crippen MR) is 54.9 cm³/mol. The summed E-state index contributed by atoms with van der Waals surface area (Å²) in [6, 6.07) is -0.175. The highest BCUT2D eigenvalue weighted by molar-refractivity contribution is 5.81. The lowest BCUT2D eigenvalue weighted by molar-refractivity contribution is -0.123. The highest BCUT2D eigenvalue weighted by Gasteiger charge is 2.20. The van der Waals surface area contributed by atoms with Crippen LogP contribution in [0.5, 0.6) is 0 Å². The molecule has 0 aromatic carbocycles. The van der Waals surface area contributed by atoms with Crippen LogP contribution in [0.4, 0.5) is 0 Å². The molecule has 1 aliphatic rings. The molecule has 2 atom stereocenters. The zero-order valence-electron chi connectivity index (χ0n) is 8.79. The Morgan fingerprint density at radius 2 is 2.50 bits per heavy atom. The van der Waals surface area contributed by atoms with Gasteiger partial charge in [-0.25, -0.2) is 0 Å². The van der Waals surface area contributed by atoms with Crippen molar-refractivity contribution in [1.82, 2.24) is 5.32 Å². The molecule has 1 rings (SSSR count). The summed E-state index contributed by atoms with van der Waals surface area (Å²) >= 11 is 0. The highest BCUT2D eigenvalue weighted by atomic mass is 16.5. The fraction of sp³-hybridized carbons (Fsp3) is 0.900. The van der Waals surface area contributed by atoms with Crippen LogP contribution in [-0.2, 0) is 9.53 Å². The molecule has 0 bridgehead atoms. The van der Waals surface area contributed by atoms with Gasteiger partial charge in [0.1, 0.15) is 0 Å². The Labute approximate surface area is 85.2 Å². The quantitative estimate of drug-likeness (QED) is 0.675. The van der Waals surface area contributed by atoms with Crippen molar-refractivity contribution in [3.8, 4) is 0 Å². The van der Waals surface area contributed by atoms with Gasteiger partial charge in [-0.1, -0.05) is 19.8 Å². The first-order valence-corrected chi connectivity index (χ1v) is 5.37. The standard InChI is InChI=1S/C10H20N2O2/c1-2-3-4-9(11)10(13)12-8-5-6-14-7-8/h8-9H,2-7,11H2,1H3,(H,12,13)/t8?,9-/m0/s1. The number of ether oxygens (including phenoxy) is 1. The third kappa shape index (κ3) is 3.64. The molecule has 82 valence electrons. The van der Waals surface area contributed by atoms with E-state index in [4.69, 9.17) is 10.5 Å². The van der Waals surface area contributed by atoms with Crippen LogP contribution in [0.15, 0.2) is 0 Å². The molecule has 1 heterocycles. The number of rotatable bonds is 5. The average Bonchev–Trinajstić information content (AvgIpc) is 2.66. The number of hydrogen-bond acceptors (Lipinski definition) is 3. The van der Waals surface area contributed by atoms with Crippen molar-refractivity contribution < 1.29 is 9.53 Å². The van der Waals surface area contributed by atoms with Gasteiger partial charge in [-0.3, -0.25) is 4.79 Å². The van der Waals surface area contributed by atoms with Crippen LogP contribution in [0.1, 0.15) is 32.6 Å². The summed E-state index contributed by atoms with van der Waals surface area (Å²) in [5, 5.41) is 2.90. The fourth-order valence-electron chi connectivity index (χ4n) is 1.51. The molecule has 0 aromatic rings. The van der Waals surface area contributed by atoms with Gasteiger partial charge in [0.2, 0.25) is 5.91 Å². The molecule has 4 heteroatoms. The van der Waals surface area contributed by atoms with E-state index in [1.165, 1.54) is 0 Å². The number of nitrogens with two attached hydrogens (primary N) is 1. The molecule has 1 amide bonds. The van der Waals surface area contributed by atoms with Crippen LogP contribution in [0.3, 0.4) is 0 Å². The Kier molecular flexibility index (Phi) is 4.90. The van der Waals surface area contributed by atoms with E-state index in [-0.39, 0.29) is 18.0 Å². The molecule has 1 aliphatic heterocycles. The number of amides is 1. The number of unbranched alkanes of at least 4 members (excludes halogenated alkanes) is 1. The lowest BCUT2D eigenvalue weighted by Gasteiger charge is -2.15. The highest BCUT2D eigenvalue weighted by Crippen LogP contribution is 2.04. The van der Waals surface area contributed by atoms with Crippen molar-refractivity contribution in [1.29, 1.82) is 0 Å². The van der Waals surface area contributed by atoms with Crippen LogP contribution in [0.2, 0.25) is 0 Å². The number of nitrogens with one attached hydrogen (secondary N) is 1. The fourth-order valence-corrected chi connectivity index (χ4v) is 1.51. The van der Waals surface area contributed by atoms with Gasteiger partial charge in [0.15, 0.2) is 0 Å². The maximum atomic E-state index is 11.5. The Morgan fingerprint density at radius 3 is 3.07 bits per heavy atom. The van der Waals surface area contributed by atoms with Gasteiger partial charge >= 0.3 is 0 Å². The van der Waals surface area contributed by atoms with E-state index in [0.717, 1.165) is 32.3 Å². The van der Waals surface area contributed by atoms with Gasteiger partial charge in [0, 0.05) is 6.61 Å². The summed E-state index contributed by atoms with van der Waals surface area (Å²) in [6.45, 7) is 3.47. The van der Waals surface area contributed by atoms with Crippen molar-refractivity contribution in [2.75, 3.05) is 13.2 Å². The van der Waals surface area contributed by atoms with Crippen molar-refractivity contribution in [2.45, 2.75) is 44.7 Å². The maximum Gasteiger partial charge on any atom is 0.237 e. The minimum absolute atomic E-state index is 0.0334. The Bertz CT molecular complexity index is 179. The minimum Gasteiger partial charge on any atom is -0.379 e. The Balaban J connectivity index is 2.18. The summed E-state index contributed by atoms with van der Waals surface area (Å²) < 4.78 is 5.16. The van der Waals surface area contributed by atoms with Crippen molar-refractivity contribution in [3.05, 3.63) is 0 Å². The van der Waals surface area contributed by atoms with E-state index in [1.54, 1.807) is 0 Å². The normalized spacial score (nSPS) is 23.4. The van der Waals surface area contributed by atoms with E-state index in [1.807, 2.05) is 0 Å². The van der Waals surface area contributed by atoms with E-state index in [9.17, 15) is 4.79 Å². The summed E-state index contributed by atoms with van der Waals surface area (Å²) in [5.41, 5.74) is 5.73. The lowest BCUT2D eigenvalue weighted by atomic mass is 10.1. The summed E-state index contributed by atoms with van der Waals surface area (Å²) in [5.74, 6) is -0.0334. The third-order valence-electron chi connectivity index (χ3n) is 2.48. The smallest absolute Gasteiger partial charge is 0.237 e. The van der Waals surface area contributed by atoms with E-state index < -0.39 is 0 Å². The monoisotopic (exact) mass is 200 g/mol. The zero-order valence-corrected chi connectivity index (χ0v) is 8.79. The first-order chi connectivity index (χ1) is 6.74. The van der Waals surface area contributed by atoms with Crippen molar-refractivity contribution in [2.24, 2.45) is 5.73 Å². The van der Waals surface area contributed by atoms with Crippen LogP contribution in [0, 0.1) is 0 Å². The molecule has 4 nitrogen and oxygen atoms in total. The van der Waals surface area contributed by atoms with E-state index in [0.29, 0.717) is 6.61 Å². The molecule has 0 aromatic heterocycles. The van der Waals surface area contributed by atoms with E-state index >= 15 is 0 Å². The second-order valence-corrected chi connectivity index (χ2v) is 3.82. The molecule has 1 unspecified atom stereocenters. The van der Waals surface area contributed by atoms with Gasteiger partial charge in [-0.15, -0.1) is 0 Å². The molecule has 1 saturated heterocycles. The molecule has 1 fully saturated rings. The van der Waals surface area contributed by atoms with Gasteiger partial charge in [0.25, 0.3) is 0 Å². The van der Waals surface area contributed by atoms with Gasteiger partial charge < -0.3 is 15.8 Å². The molecular weight excluding hydrogens is 180 g/mol.